The van der Waals surface area contributed by atoms with Crippen LogP contribution in [0.25, 0.3) is 10.7 Å². The Balaban J connectivity index is 2.07. The standard InChI is InChI=1S/C11H15N3S2/c1-2-3-4-8(12)9-6-16-11(14-9)10-5-15-7-13-10/h5-8H,2-4,12H2,1H3. The molecule has 0 fully saturated rings. The molecule has 1 unspecified atom stereocenters. The third-order valence-electron chi connectivity index (χ3n) is 2.42. The Bertz CT molecular complexity index is 422. The van der Waals surface area contributed by atoms with Crippen LogP contribution in [0.4, 0.5) is 0 Å². The molecule has 2 aromatic heterocycles. The van der Waals surface area contributed by atoms with Crippen molar-refractivity contribution in [2.45, 2.75) is 32.2 Å². The smallest absolute Gasteiger partial charge is 0.143 e. The third-order valence-corrected chi connectivity index (χ3v) is 3.89. The minimum Gasteiger partial charge on any atom is -0.323 e. The molecule has 0 aliphatic rings. The maximum absolute atomic E-state index is 6.07. The Morgan fingerprint density at radius 3 is 3.00 bits per heavy atom. The number of nitrogens with two attached hydrogens (primary N) is 1. The van der Waals surface area contributed by atoms with Gasteiger partial charge in [0.25, 0.3) is 0 Å². The summed E-state index contributed by atoms with van der Waals surface area (Å²) in [7, 11) is 0. The molecule has 0 amide bonds. The first-order valence-corrected chi connectivity index (χ1v) is 7.23. The second-order valence-electron chi connectivity index (χ2n) is 3.70. The summed E-state index contributed by atoms with van der Waals surface area (Å²) in [6.07, 6.45) is 3.35. The summed E-state index contributed by atoms with van der Waals surface area (Å²) in [5, 5.41) is 5.04. The van der Waals surface area contributed by atoms with Crippen LogP contribution in [0.1, 0.15) is 37.9 Å². The molecular formula is C11H15N3S2. The van der Waals surface area contributed by atoms with E-state index in [1.54, 1.807) is 22.7 Å². The van der Waals surface area contributed by atoms with Crippen molar-refractivity contribution < 1.29 is 0 Å². The molecule has 1 atom stereocenters. The second kappa shape index (κ2) is 5.52. The van der Waals surface area contributed by atoms with Crippen LogP contribution in [0.2, 0.25) is 0 Å². The first kappa shape index (κ1) is 11.7. The van der Waals surface area contributed by atoms with Gasteiger partial charge in [0.2, 0.25) is 0 Å². The van der Waals surface area contributed by atoms with Crippen molar-refractivity contribution in [1.29, 1.82) is 0 Å². The number of nitrogens with zero attached hydrogens (tertiary/aromatic N) is 2. The van der Waals surface area contributed by atoms with Crippen molar-refractivity contribution in [2.24, 2.45) is 5.73 Å². The van der Waals surface area contributed by atoms with Crippen molar-refractivity contribution >= 4 is 22.7 Å². The first-order valence-electron chi connectivity index (χ1n) is 5.40. The van der Waals surface area contributed by atoms with Gasteiger partial charge in [0, 0.05) is 16.8 Å². The average Bonchev–Trinajstić information content (AvgIpc) is 2.94. The largest absolute Gasteiger partial charge is 0.323 e. The molecule has 0 radical (unpaired) electrons. The fourth-order valence-corrected chi connectivity index (χ4v) is 2.93. The molecular weight excluding hydrogens is 238 g/mol. The predicted molar refractivity (Wildman–Crippen MR) is 69.7 cm³/mol. The molecule has 0 saturated carbocycles. The highest BCUT2D eigenvalue weighted by atomic mass is 32.1. The highest BCUT2D eigenvalue weighted by Crippen LogP contribution is 2.26. The van der Waals surface area contributed by atoms with Gasteiger partial charge in [0.15, 0.2) is 0 Å². The van der Waals surface area contributed by atoms with Crippen molar-refractivity contribution in [3.05, 3.63) is 22.0 Å². The van der Waals surface area contributed by atoms with E-state index in [-0.39, 0.29) is 6.04 Å². The van der Waals surface area contributed by atoms with Gasteiger partial charge in [-0.3, -0.25) is 0 Å². The van der Waals surface area contributed by atoms with Crippen molar-refractivity contribution in [2.75, 3.05) is 0 Å². The molecule has 0 saturated heterocycles. The van der Waals surface area contributed by atoms with Gasteiger partial charge in [0.1, 0.15) is 10.7 Å². The molecule has 0 aromatic carbocycles. The van der Waals surface area contributed by atoms with Crippen LogP contribution < -0.4 is 5.73 Å². The van der Waals surface area contributed by atoms with Gasteiger partial charge in [-0.15, -0.1) is 22.7 Å². The molecule has 0 spiro atoms. The van der Waals surface area contributed by atoms with Crippen LogP contribution in [0.3, 0.4) is 0 Å². The Hall–Kier alpha value is -0.780. The SMILES string of the molecule is CCCCC(N)c1csc(-c2cscn2)n1. The summed E-state index contributed by atoms with van der Waals surface area (Å²) < 4.78 is 0. The van der Waals surface area contributed by atoms with Crippen LogP contribution in [0, 0.1) is 0 Å². The van der Waals surface area contributed by atoms with E-state index in [0.29, 0.717) is 0 Å². The van der Waals surface area contributed by atoms with Crippen molar-refractivity contribution in [3.63, 3.8) is 0 Å². The molecule has 86 valence electrons. The lowest BCUT2D eigenvalue weighted by molar-refractivity contribution is 0.593. The molecule has 0 bridgehead atoms. The number of rotatable bonds is 5. The summed E-state index contributed by atoms with van der Waals surface area (Å²) in [6.45, 7) is 2.18. The van der Waals surface area contributed by atoms with Gasteiger partial charge in [-0.1, -0.05) is 19.8 Å². The Morgan fingerprint density at radius 2 is 2.31 bits per heavy atom. The Labute approximate surface area is 103 Å². The minimum absolute atomic E-state index is 0.0728. The zero-order valence-corrected chi connectivity index (χ0v) is 10.9. The molecule has 3 nitrogen and oxygen atoms in total. The third kappa shape index (κ3) is 2.66. The molecule has 0 aliphatic carbocycles. The molecule has 2 aromatic rings. The normalized spacial score (nSPS) is 12.9. The molecule has 2 heterocycles. The zero-order chi connectivity index (χ0) is 11.4. The second-order valence-corrected chi connectivity index (χ2v) is 5.28. The fourth-order valence-electron chi connectivity index (χ4n) is 1.46. The number of hydrogen-bond acceptors (Lipinski definition) is 5. The Kier molecular flexibility index (Phi) is 4.04. The summed E-state index contributed by atoms with van der Waals surface area (Å²) in [4.78, 5) is 8.79. The van der Waals surface area contributed by atoms with Gasteiger partial charge in [-0.2, -0.15) is 0 Å². The van der Waals surface area contributed by atoms with Crippen molar-refractivity contribution in [1.82, 2.24) is 9.97 Å². The fraction of sp³-hybridized carbons (Fsp3) is 0.455. The molecule has 16 heavy (non-hydrogen) atoms. The van der Waals surface area contributed by atoms with Crippen LogP contribution >= 0.6 is 22.7 Å². The topological polar surface area (TPSA) is 51.8 Å². The summed E-state index contributed by atoms with van der Waals surface area (Å²) >= 11 is 3.21. The quantitative estimate of drug-likeness (QED) is 0.887. The van der Waals surface area contributed by atoms with E-state index < -0.39 is 0 Å². The van der Waals surface area contributed by atoms with Crippen LogP contribution in [-0.4, -0.2) is 9.97 Å². The Morgan fingerprint density at radius 1 is 1.44 bits per heavy atom. The monoisotopic (exact) mass is 253 g/mol. The van der Waals surface area contributed by atoms with Crippen LogP contribution in [-0.2, 0) is 0 Å². The summed E-state index contributed by atoms with van der Waals surface area (Å²) in [6, 6.07) is 0.0728. The summed E-state index contributed by atoms with van der Waals surface area (Å²) in [5.41, 5.74) is 9.86. The average molecular weight is 253 g/mol. The van der Waals surface area contributed by atoms with Gasteiger partial charge in [0.05, 0.1) is 11.2 Å². The highest BCUT2D eigenvalue weighted by molar-refractivity contribution is 7.13. The number of thiazole rings is 2. The van der Waals surface area contributed by atoms with E-state index in [1.807, 2.05) is 10.9 Å². The van der Waals surface area contributed by atoms with Gasteiger partial charge < -0.3 is 5.73 Å². The first-order chi connectivity index (χ1) is 7.81. The van der Waals surface area contributed by atoms with Gasteiger partial charge in [-0.25, -0.2) is 9.97 Å². The molecule has 5 heteroatoms. The van der Waals surface area contributed by atoms with Gasteiger partial charge >= 0.3 is 0 Å². The van der Waals surface area contributed by atoms with Crippen LogP contribution in [0.5, 0.6) is 0 Å². The van der Waals surface area contributed by atoms with E-state index in [9.17, 15) is 0 Å². The zero-order valence-electron chi connectivity index (χ0n) is 9.22. The summed E-state index contributed by atoms with van der Waals surface area (Å²) in [5.74, 6) is 0. The van der Waals surface area contributed by atoms with E-state index in [2.05, 4.69) is 22.3 Å². The van der Waals surface area contributed by atoms with E-state index in [0.717, 1.165) is 29.2 Å². The lowest BCUT2D eigenvalue weighted by Crippen LogP contribution is -2.10. The maximum atomic E-state index is 6.07. The molecule has 2 rings (SSSR count). The van der Waals surface area contributed by atoms with E-state index in [1.165, 1.54) is 6.42 Å². The van der Waals surface area contributed by atoms with Crippen LogP contribution in [0.15, 0.2) is 16.3 Å². The van der Waals surface area contributed by atoms with E-state index in [4.69, 9.17) is 5.73 Å². The van der Waals surface area contributed by atoms with E-state index >= 15 is 0 Å². The number of hydrogen-bond donors (Lipinski definition) is 1. The minimum atomic E-state index is 0.0728. The predicted octanol–water partition coefficient (Wildman–Crippen LogP) is 3.46. The van der Waals surface area contributed by atoms with Crippen molar-refractivity contribution in [3.8, 4) is 10.7 Å². The molecule has 2 N–H and O–H groups in total. The number of aromatic nitrogens is 2. The number of unbranched alkanes of at least 4 members (excludes halogenated alkanes) is 1. The lowest BCUT2D eigenvalue weighted by Gasteiger charge is -2.06. The van der Waals surface area contributed by atoms with Gasteiger partial charge in [-0.05, 0) is 6.42 Å². The molecule has 0 aliphatic heterocycles. The maximum Gasteiger partial charge on any atom is 0.143 e. The lowest BCUT2D eigenvalue weighted by atomic mass is 10.1. The highest BCUT2D eigenvalue weighted by Gasteiger charge is 2.11.